The molecule has 0 fully saturated rings. The molecule has 0 aromatic heterocycles. The van der Waals surface area contributed by atoms with E-state index in [2.05, 4.69) is 19.2 Å². The Hall–Kier alpha value is -2.62. The Labute approximate surface area is 160 Å². The van der Waals surface area contributed by atoms with E-state index in [9.17, 15) is 9.59 Å². The minimum absolute atomic E-state index is 0.0299. The first-order valence-corrected chi connectivity index (χ1v) is 9.65. The summed E-state index contributed by atoms with van der Waals surface area (Å²) in [5.41, 5.74) is 3.91. The molecule has 2 aromatic carbocycles. The van der Waals surface area contributed by atoms with Gasteiger partial charge in [0.1, 0.15) is 5.75 Å². The maximum absolute atomic E-state index is 12.5. The summed E-state index contributed by atoms with van der Waals surface area (Å²) in [5.74, 6) is 0.652. The van der Waals surface area contributed by atoms with Crippen LogP contribution in [-0.4, -0.2) is 18.3 Å². The van der Waals surface area contributed by atoms with Crippen molar-refractivity contribution >= 4 is 11.7 Å². The van der Waals surface area contributed by atoms with Crippen molar-refractivity contribution in [1.29, 1.82) is 0 Å². The van der Waals surface area contributed by atoms with Crippen LogP contribution in [0.4, 0.5) is 0 Å². The summed E-state index contributed by atoms with van der Waals surface area (Å²) in [4.78, 5) is 24.8. The van der Waals surface area contributed by atoms with Gasteiger partial charge in [0, 0.05) is 6.42 Å². The van der Waals surface area contributed by atoms with Crippen LogP contribution in [0, 0.1) is 6.92 Å². The van der Waals surface area contributed by atoms with Crippen LogP contribution in [0.5, 0.6) is 5.75 Å². The molecule has 3 rings (SSSR count). The highest BCUT2D eigenvalue weighted by molar-refractivity contribution is 6.04. The lowest BCUT2D eigenvalue weighted by molar-refractivity contribution is -0.123. The third-order valence-corrected chi connectivity index (χ3v) is 5.16. The van der Waals surface area contributed by atoms with Crippen molar-refractivity contribution in [2.45, 2.75) is 52.0 Å². The highest BCUT2D eigenvalue weighted by atomic mass is 16.5. The zero-order valence-electron chi connectivity index (χ0n) is 16.2. The molecular weight excluding hydrogens is 338 g/mol. The van der Waals surface area contributed by atoms with E-state index in [-0.39, 0.29) is 30.3 Å². The van der Waals surface area contributed by atoms with Gasteiger partial charge >= 0.3 is 0 Å². The molecule has 0 saturated carbocycles. The average molecular weight is 365 g/mol. The van der Waals surface area contributed by atoms with E-state index >= 15 is 0 Å². The Bertz CT molecular complexity index is 829. The van der Waals surface area contributed by atoms with E-state index in [4.69, 9.17) is 4.74 Å². The van der Waals surface area contributed by atoms with Gasteiger partial charge < -0.3 is 10.1 Å². The monoisotopic (exact) mass is 365 g/mol. The van der Waals surface area contributed by atoms with Gasteiger partial charge in [-0.25, -0.2) is 0 Å². The van der Waals surface area contributed by atoms with Crippen LogP contribution in [0.1, 0.15) is 72.1 Å². The number of amides is 1. The molecule has 0 saturated heterocycles. The SMILES string of the molecule is CCC[C@@H](NC(=O)COc1ccc(C)c2c1C(=O)C[C@H]2C)c1ccccc1. The summed E-state index contributed by atoms with van der Waals surface area (Å²) in [5, 5.41) is 3.05. The van der Waals surface area contributed by atoms with Crippen molar-refractivity contribution in [2.24, 2.45) is 0 Å². The lowest BCUT2D eigenvalue weighted by Crippen LogP contribution is -2.32. The molecule has 0 aliphatic heterocycles. The number of carbonyl (C=O) groups excluding carboxylic acids is 2. The van der Waals surface area contributed by atoms with E-state index in [1.807, 2.05) is 43.3 Å². The number of ketones is 1. The topological polar surface area (TPSA) is 55.4 Å². The predicted octanol–water partition coefficient (Wildman–Crippen LogP) is 4.72. The molecule has 1 aliphatic rings. The maximum Gasteiger partial charge on any atom is 0.258 e. The highest BCUT2D eigenvalue weighted by Gasteiger charge is 2.31. The molecule has 27 heavy (non-hydrogen) atoms. The van der Waals surface area contributed by atoms with Gasteiger partial charge in [0.15, 0.2) is 12.4 Å². The van der Waals surface area contributed by atoms with Gasteiger partial charge in [0.05, 0.1) is 11.6 Å². The fourth-order valence-electron chi connectivity index (χ4n) is 3.90. The Morgan fingerprint density at radius 2 is 1.96 bits per heavy atom. The van der Waals surface area contributed by atoms with E-state index in [1.165, 1.54) is 0 Å². The molecule has 2 atom stereocenters. The van der Waals surface area contributed by atoms with Gasteiger partial charge in [0.2, 0.25) is 0 Å². The molecule has 2 aromatic rings. The first kappa shape index (κ1) is 19.2. The molecule has 0 radical (unpaired) electrons. The van der Waals surface area contributed by atoms with Crippen molar-refractivity contribution in [1.82, 2.24) is 5.32 Å². The maximum atomic E-state index is 12.5. The van der Waals surface area contributed by atoms with Crippen LogP contribution < -0.4 is 10.1 Å². The Balaban J connectivity index is 1.69. The fraction of sp³-hybridized carbons (Fsp3) is 0.391. The second-order valence-electron chi connectivity index (χ2n) is 7.31. The Morgan fingerprint density at radius 3 is 2.67 bits per heavy atom. The molecule has 1 N–H and O–H groups in total. The summed E-state index contributed by atoms with van der Waals surface area (Å²) in [6, 6.07) is 13.7. The van der Waals surface area contributed by atoms with E-state index in [0.717, 1.165) is 29.5 Å². The lowest BCUT2D eigenvalue weighted by atomic mass is 9.97. The second kappa shape index (κ2) is 8.38. The zero-order valence-corrected chi connectivity index (χ0v) is 16.2. The van der Waals surface area contributed by atoms with Crippen molar-refractivity contribution in [3.05, 3.63) is 64.7 Å². The molecule has 0 heterocycles. The van der Waals surface area contributed by atoms with Crippen LogP contribution >= 0.6 is 0 Å². The summed E-state index contributed by atoms with van der Waals surface area (Å²) in [6.45, 7) is 6.08. The van der Waals surface area contributed by atoms with Gasteiger partial charge in [-0.2, -0.15) is 0 Å². The quantitative estimate of drug-likeness (QED) is 0.772. The van der Waals surface area contributed by atoms with Gasteiger partial charge in [-0.15, -0.1) is 0 Å². The third-order valence-electron chi connectivity index (χ3n) is 5.16. The largest absolute Gasteiger partial charge is 0.483 e. The standard InChI is InChI=1S/C23H27NO3/c1-4-8-18(17-9-6-5-7-10-17)24-21(26)14-27-20-12-11-15(2)22-16(3)13-19(25)23(20)22/h5-7,9-12,16,18H,4,8,13-14H2,1-3H3,(H,24,26)/t16-,18-/m1/s1. The van der Waals surface area contributed by atoms with Crippen molar-refractivity contribution in [2.75, 3.05) is 6.61 Å². The predicted molar refractivity (Wildman–Crippen MR) is 106 cm³/mol. The number of rotatable bonds is 7. The number of ether oxygens (including phenoxy) is 1. The molecule has 0 spiro atoms. The van der Waals surface area contributed by atoms with E-state index in [1.54, 1.807) is 6.07 Å². The molecule has 0 unspecified atom stereocenters. The number of nitrogens with one attached hydrogen (secondary N) is 1. The summed E-state index contributed by atoms with van der Waals surface area (Å²) >= 11 is 0. The van der Waals surface area contributed by atoms with Crippen molar-refractivity contribution < 1.29 is 14.3 Å². The van der Waals surface area contributed by atoms with E-state index in [0.29, 0.717) is 17.7 Å². The second-order valence-corrected chi connectivity index (χ2v) is 7.31. The van der Waals surface area contributed by atoms with Gasteiger partial charge in [-0.05, 0) is 42.0 Å². The van der Waals surface area contributed by atoms with Gasteiger partial charge in [-0.3, -0.25) is 9.59 Å². The number of hydrogen-bond donors (Lipinski definition) is 1. The van der Waals surface area contributed by atoms with Crippen LogP contribution in [0.2, 0.25) is 0 Å². The van der Waals surface area contributed by atoms with Crippen molar-refractivity contribution in [3.8, 4) is 5.75 Å². The van der Waals surface area contributed by atoms with Crippen LogP contribution in [-0.2, 0) is 4.79 Å². The van der Waals surface area contributed by atoms with E-state index < -0.39 is 0 Å². The summed E-state index contributed by atoms with van der Waals surface area (Å²) in [6.07, 6.45) is 2.35. The number of Topliss-reactive ketones (excluding diaryl/α,β-unsaturated/α-hetero) is 1. The van der Waals surface area contributed by atoms with Gasteiger partial charge in [0.25, 0.3) is 5.91 Å². The van der Waals surface area contributed by atoms with Gasteiger partial charge in [-0.1, -0.05) is 56.7 Å². The Kier molecular flexibility index (Phi) is 5.94. The molecular formula is C23H27NO3. The molecule has 0 bridgehead atoms. The molecule has 142 valence electrons. The zero-order chi connectivity index (χ0) is 19.4. The number of benzene rings is 2. The molecule has 1 aliphatic carbocycles. The minimum atomic E-state index is -0.176. The first-order valence-electron chi connectivity index (χ1n) is 9.65. The summed E-state index contributed by atoms with van der Waals surface area (Å²) < 4.78 is 5.77. The Morgan fingerprint density at radius 1 is 1.22 bits per heavy atom. The van der Waals surface area contributed by atoms with Crippen LogP contribution in [0.15, 0.2) is 42.5 Å². The average Bonchev–Trinajstić information content (AvgIpc) is 2.97. The van der Waals surface area contributed by atoms with Crippen LogP contribution in [0.25, 0.3) is 0 Å². The molecule has 4 nitrogen and oxygen atoms in total. The number of aryl methyl sites for hydroxylation is 1. The summed E-state index contributed by atoms with van der Waals surface area (Å²) in [7, 11) is 0. The lowest BCUT2D eigenvalue weighted by Gasteiger charge is -2.19. The van der Waals surface area contributed by atoms with Crippen molar-refractivity contribution in [3.63, 3.8) is 0 Å². The normalized spacial score (nSPS) is 16.7. The third kappa shape index (κ3) is 4.21. The number of carbonyl (C=O) groups is 2. The molecule has 4 heteroatoms. The number of hydrogen-bond acceptors (Lipinski definition) is 3. The minimum Gasteiger partial charge on any atom is -0.483 e. The first-order chi connectivity index (χ1) is 13.0. The van der Waals surface area contributed by atoms with Crippen LogP contribution in [0.3, 0.4) is 0 Å². The number of fused-ring (bicyclic) bond motifs is 1. The molecule has 1 amide bonds. The smallest absolute Gasteiger partial charge is 0.258 e. The fourth-order valence-corrected chi connectivity index (χ4v) is 3.90. The highest BCUT2D eigenvalue weighted by Crippen LogP contribution is 2.40.